The maximum Gasteiger partial charge on any atom is 0.223 e. The van der Waals surface area contributed by atoms with Crippen LogP contribution in [0, 0.1) is 11.8 Å². The van der Waals surface area contributed by atoms with Crippen molar-refractivity contribution in [3.63, 3.8) is 0 Å². The zero-order valence-electron chi connectivity index (χ0n) is 13.7. The number of nitrogens with one attached hydrogen (secondary N) is 1. The number of nitrogens with zero attached hydrogens (tertiary/aromatic N) is 1. The van der Waals surface area contributed by atoms with Gasteiger partial charge in [-0.05, 0) is 37.9 Å². The van der Waals surface area contributed by atoms with Crippen molar-refractivity contribution in [1.82, 2.24) is 10.2 Å². The van der Waals surface area contributed by atoms with E-state index in [1.807, 2.05) is 6.07 Å². The van der Waals surface area contributed by atoms with Crippen LogP contribution in [0.25, 0.3) is 0 Å². The largest absolute Gasteiger partial charge is 0.355 e. The molecule has 0 spiro atoms. The zero-order valence-corrected chi connectivity index (χ0v) is 15.4. The second-order valence-corrected chi connectivity index (χ2v) is 6.05. The molecule has 0 saturated heterocycles. The molecule has 3 N–H and O–H groups in total. The average Bonchev–Trinajstić information content (AvgIpc) is 2.96. The molecule has 1 fully saturated rings. The molecule has 1 aliphatic carbocycles. The minimum Gasteiger partial charge on any atom is -0.355 e. The van der Waals surface area contributed by atoms with Crippen LogP contribution in [0.15, 0.2) is 30.3 Å². The Labute approximate surface area is 152 Å². The third-order valence-corrected chi connectivity index (χ3v) is 4.39. The first-order valence-electron chi connectivity index (χ1n) is 7.91. The summed E-state index contributed by atoms with van der Waals surface area (Å²) in [6.07, 6.45) is 3.23. The summed E-state index contributed by atoms with van der Waals surface area (Å²) in [5, 5.41) is 3.07. The van der Waals surface area contributed by atoms with Crippen LogP contribution in [0.5, 0.6) is 0 Å². The van der Waals surface area contributed by atoms with Crippen molar-refractivity contribution >= 4 is 30.7 Å². The van der Waals surface area contributed by atoms with Gasteiger partial charge in [0.25, 0.3) is 0 Å². The molecule has 1 aromatic rings. The molecule has 2 atom stereocenters. The first kappa shape index (κ1) is 22.2. The van der Waals surface area contributed by atoms with Crippen molar-refractivity contribution in [3.8, 4) is 0 Å². The number of likely N-dealkylation sites (N-methyl/N-ethyl adjacent to an activating group) is 1. The van der Waals surface area contributed by atoms with E-state index in [0.29, 0.717) is 19.0 Å². The molecule has 1 aromatic carbocycles. The smallest absolute Gasteiger partial charge is 0.223 e. The molecule has 1 amide bonds. The Morgan fingerprint density at radius 1 is 1.26 bits per heavy atom. The van der Waals surface area contributed by atoms with Crippen molar-refractivity contribution in [2.75, 3.05) is 26.7 Å². The Morgan fingerprint density at radius 2 is 1.96 bits per heavy atom. The Hall–Kier alpha value is -0.810. The van der Waals surface area contributed by atoms with Crippen LogP contribution < -0.4 is 11.1 Å². The predicted molar refractivity (Wildman–Crippen MR) is 100 cm³/mol. The average molecular weight is 362 g/mol. The van der Waals surface area contributed by atoms with E-state index >= 15 is 0 Å². The van der Waals surface area contributed by atoms with Gasteiger partial charge in [0.2, 0.25) is 5.91 Å². The summed E-state index contributed by atoms with van der Waals surface area (Å²) in [5.41, 5.74) is 7.03. The van der Waals surface area contributed by atoms with Crippen LogP contribution in [0.1, 0.15) is 24.8 Å². The van der Waals surface area contributed by atoms with Crippen LogP contribution in [0.4, 0.5) is 0 Å². The number of rotatable bonds is 7. The van der Waals surface area contributed by atoms with Gasteiger partial charge in [0.05, 0.1) is 0 Å². The number of amides is 1. The summed E-state index contributed by atoms with van der Waals surface area (Å²) < 4.78 is 0. The second-order valence-electron chi connectivity index (χ2n) is 6.05. The lowest BCUT2D eigenvalue weighted by molar-refractivity contribution is -0.126. The van der Waals surface area contributed by atoms with Crippen LogP contribution in [-0.2, 0) is 11.3 Å². The number of halogens is 2. The molecule has 6 heteroatoms. The third-order valence-electron chi connectivity index (χ3n) is 4.39. The molecule has 2 rings (SSSR count). The normalized spacial score (nSPS) is 19.8. The van der Waals surface area contributed by atoms with Crippen molar-refractivity contribution in [2.24, 2.45) is 17.6 Å². The molecular weight excluding hydrogens is 333 g/mol. The maximum absolute atomic E-state index is 12.2. The second kappa shape index (κ2) is 11.7. The van der Waals surface area contributed by atoms with Crippen molar-refractivity contribution < 1.29 is 4.79 Å². The number of carbonyl (C=O) groups is 1. The molecule has 1 aliphatic rings. The fourth-order valence-electron chi connectivity index (χ4n) is 3.14. The maximum atomic E-state index is 12.2. The highest BCUT2D eigenvalue weighted by Crippen LogP contribution is 2.30. The number of hydrogen-bond donors (Lipinski definition) is 2. The van der Waals surface area contributed by atoms with Crippen LogP contribution in [-0.4, -0.2) is 37.5 Å². The quantitative estimate of drug-likeness (QED) is 0.783. The fraction of sp³-hybridized carbons (Fsp3) is 0.588. The van der Waals surface area contributed by atoms with Gasteiger partial charge < -0.3 is 16.0 Å². The predicted octanol–water partition coefficient (Wildman–Crippen LogP) is 2.45. The Kier molecular flexibility index (Phi) is 11.3. The molecule has 0 unspecified atom stereocenters. The van der Waals surface area contributed by atoms with Crippen LogP contribution in [0.3, 0.4) is 0 Å². The van der Waals surface area contributed by atoms with E-state index in [-0.39, 0.29) is 36.6 Å². The number of carbonyl (C=O) groups excluding carboxylic acids is 1. The molecule has 132 valence electrons. The van der Waals surface area contributed by atoms with Gasteiger partial charge in [-0.1, -0.05) is 36.8 Å². The Bertz CT molecular complexity index is 445. The van der Waals surface area contributed by atoms with Gasteiger partial charge in [-0.25, -0.2) is 0 Å². The number of nitrogens with two attached hydrogens (primary N) is 1. The van der Waals surface area contributed by atoms with Gasteiger partial charge in [0.15, 0.2) is 0 Å². The van der Waals surface area contributed by atoms with Gasteiger partial charge in [-0.2, -0.15) is 0 Å². The lowest BCUT2D eigenvalue weighted by Gasteiger charge is -2.20. The van der Waals surface area contributed by atoms with E-state index in [1.165, 1.54) is 5.56 Å². The summed E-state index contributed by atoms with van der Waals surface area (Å²) in [6.45, 7) is 3.11. The summed E-state index contributed by atoms with van der Waals surface area (Å²) in [6, 6.07) is 10.4. The molecule has 0 radical (unpaired) electrons. The minimum absolute atomic E-state index is 0. The van der Waals surface area contributed by atoms with Crippen LogP contribution in [0.2, 0.25) is 0 Å². The van der Waals surface area contributed by atoms with Crippen molar-refractivity contribution in [3.05, 3.63) is 35.9 Å². The van der Waals surface area contributed by atoms with Gasteiger partial charge in [-0.3, -0.25) is 4.79 Å². The van der Waals surface area contributed by atoms with E-state index < -0.39 is 0 Å². The van der Waals surface area contributed by atoms with Crippen molar-refractivity contribution in [2.45, 2.75) is 25.8 Å². The molecule has 0 aliphatic heterocycles. The highest BCUT2D eigenvalue weighted by molar-refractivity contribution is 5.85. The first-order valence-corrected chi connectivity index (χ1v) is 7.91. The molecule has 0 aromatic heterocycles. The highest BCUT2D eigenvalue weighted by Gasteiger charge is 2.31. The number of benzene rings is 1. The van der Waals surface area contributed by atoms with Gasteiger partial charge in [-0.15, -0.1) is 24.8 Å². The molecule has 4 nitrogen and oxygen atoms in total. The fourth-order valence-corrected chi connectivity index (χ4v) is 3.14. The summed E-state index contributed by atoms with van der Waals surface area (Å²) in [5.74, 6) is 0.706. The minimum atomic E-state index is 0. The van der Waals surface area contributed by atoms with Crippen molar-refractivity contribution in [1.29, 1.82) is 0 Å². The van der Waals surface area contributed by atoms with Crippen LogP contribution >= 0.6 is 24.8 Å². The molecule has 23 heavy (non-hydrogen) atoms. The van der Waals surface area contributed by atoms with Gasteiger partial charge in [0.1, 0.15) is 0 Å². The molecule has 1 saturated carbocycles. The SMILES string of the molecule is CN(CCNC(=O)[C@@H]1CCC[C@@H]1CN)Cc1ccccc1.Cl.Cl. The van der Waals surface area contributed by atoms with E-state index in [2.05, 4.69) is 41.5 Å². The Morgan fingerprint density at radius 3 is 2.61 bits per heavy atom. The molecule has 0 heterocycles. The van der Waals surface area contributed by atoms with E-state index in [9.17, 15) is 4.79 Å². The van der Waals surface area contributed by atoms with Gasteiger partial charge >= 0.3 is 0 Å². The van der Waals surface area contributed by atoms with Gasteiger partial charge in [0, 0.05) is 25.6 Å². The summed E-state index contributed by atoms with van der Waals surface area (Å²) in [7, 11) is 2.08. The summed E-state index contributed by atoms with van der Waals surface area (Å²) in [4.78, 5) is 14.4. The zero-order chi connectivity index (χ0) is 15.1. The Balaban J connectivity index is 0.00000242. The highest BCUT2D eigenvalue weighted by atomic mass is 35.5. The van der Waals surface area contributed by atoms with E-state index in [4.69, 9.17) is 5.73 Å². The number of hydrogen-bond acceptors (Lipinski definition) is 3. The lowest BCUT2D eigenvalue weighted by Crippen LogP contribution is -2.38. The monoisotopic (exact) mass is 361 g/mol. The van der Waals surface area contributed by atoms with E-state index in [0.717, 1.165) is 32.4 Å². The molecular formula is C17H29Cl2N3O. The first-order chi connectivity index (χ1) is 10.2. The van der Waals surface area contributed by atoms with E-state index in [1.54, 1.807) is 0 Å². The topological polar surface area (TPSA) is 58.4 Å². The molecule has 0 bridgehead atoms. The summed E-state index contributed by atoms with van der Waals surface area (Å²) >= 11 is 0. The lowest BCUT2D eigenvalue weighted by atomic mass is 9.95. The standard InChI is InChI=1S/C17H27N3O.2ClH/c1-20(13-14-6-3-2-4-7-14)11-10-19-17(21)16-9-5-8-15(16)12-18;;/h2-4,6-7,15-16H,5,8-13,18H2,1H3,(H,19,21);2*1H/t15-,16-;;/m1../s1. The third kappa shape index (κ3) is 7.08.